The number of rotatable bonds is 4. The number of benzene rings is 1. The molecule has 1 unspecified atom stereocenters. The number of nitrogens with zero attached hydrogens (tertiary/aromatic N) is 1. The number of pyridine rings is 1. The minimum atomic E-state index is -3.71. The van der Waals surface area contributed by atoms with Gasteiger partial charge in [-0.05, 0) is 43.7 Å². The highest BCUT2D eigenvalue weighted by atomic mass is 32.2. The van der Waals surface area contributed by atoms with Gasteiger partial charge in [-0.25, -0.2) is 13.4 Å². The van der Waals surface area contributed by atoms with Gasteiger partial charge in [-0.2, -0.15) is 0 Å². The van der Waals surface area contributed by atoms with Gasteiger partial charge in [0, 0.05) is 5.69 Å². The molecule has 0 fully saturated rings. The van der Waals surface area contributed by atoms with Crippen molar-refractivity contribution in [1.82, 2.24) is 4.98 Å². The molecular weight excluding hydrogens is 276 g/mol. The summed E-state index contributed by atoms with van der Waals surface area (Å²) in [6, 6.07) is 11.3. The molecule has 2 N–H and O–H groups in total. The molecule has 0 spiro atoms. The summed E-state index contributed by atoms with van der Waals surface area (Å²) >= 11 is 0. The molecule has 0 amide bonds. The second-order valence-electron chi connectivity index (χ2n) is 4.52. The Labute approximate surface area is 118 Å². The quantitative estimate of drug-likeness (QED) is 0.905. The molecule has 1 aromatic carbocycles. The molecule has 0 bridgehead atoms. The topological polar surface area (TPSA) is 79.3 Å². The van der Waals surface area contributed by atoms with Crippen LogP contribution in [-0.4, -0.2) is 18.5 Å². The third kappa shape index (κ3) is 3.34. The van der Waals surface area contributed by atoms with Crippen LogP contribution < -0.4 is 4.72 Å². The lowest BCUT2D eigenvalue weighted by molar-refractivity contribution is 0.199. The van der Waals surface area contributed by atoms with E-state index in [0.29, 0.717) is 5.56 Å². The lowest BCUT2D eigenvalue weighted by Crippen LogP contribution is -2.14. The van der Waals surface area contributed by atoms with E-state index < -0.39 is 16.1 Å². The molecule has 0 saturated heterocycles. The van der Waals surface area contributed by atoms with E-state index in [-0.39, 0.29) is 10.7 Å². The third-order valence-corrected chi connectivity index (χ3v) is 4.13. The second-order valence-corrected chi connectivity index (χ2v) is 6.20. The van der Waals surface area contributed by atoms with Crippen LogP contribution in [0.4, 0.5) is 5.82 Å². The summed E-state index contributed by atoms with van der Waals surface area (Å²) in [6.07, 6.45) is -0.720. The highest BCUT2D eigenvalue weighted by Crippen LogP contribution is 2.19. The maximum atomic E-state index is 12.3. The standard InChI is InChI=1S/C14H16N2O3S/c1-10-5-3-8-14(15-10)16-20(18,19)13-7-4-6-12(9-13)11(2)17/h3-9,11,17H,1-2H3,(H,15,16). The zero-order chi connectivity index (χ0) is 14.8. The van der Waals surface area contributed by atoms with Crippen LogP contribution in [0.5, 0.6) is 0 Å². The molecule has 0 aliphatic carbocycles. The van der Waals surface area contributed by atoms with Crippen LogP contribution in [-0.2, 0) is 10.0 Å². The van der Waals surface area contributed by atoms with Crippen molar-refractivity contribution in [3.8, 4) is 0 Å². The molecule has 106 valence electrons. The number of aryl methyl sites for hydroxylation is 1. The van der Waals surface area contributed by atoms with E-state index in [0.717, 1.165) is 5.69 Å². The molecule has 1 heterocycles. The van der Waals surface area contributed by atoms with Crippen molar-refractivity contribution in [2.45, 2.75) is 24.8 Å². The Kier molecular flexibility index (Phi) is 4.06. The van der Waals surface area contributed by atoms with E-state index in [1.54, 1.807) is 44.2 Å². The van der Waals surface area contributed by atoms with Crippen molar-refractivity contribution in [3.05, 3.63) is 53.7 Å². The van der Waals surface area contributed by atoms with E-state index in [1.165, 1.54) is 12.1 Å². The van der Waals surface area contributed by atoms with Gasteiger partial charge in [0.1, 0.15) is 5.82 Å². The van der Waals surface area contributed by atoms with Crippen LogP contribution in [0.15, 0.2) is 47.4 Å². The third-order valence-electron chi connectivity index (χ3n) is 2.78. The van der Waals surface area contributed by atoms with Gasteiger partial charge in [-0.15, -0.1) is 0 Å². The molecule has 0 saturated carbocycles. The fraction of sp³-hybridized carbons (Fsp3) is 0.214. The first-order valence-electron chi connectivity index (χ1n) is 6.13. The average molecular weight is 292 g/mol. The van der Waals surface area contributed by atoms with Gasteiger partial charge in [0.2, 0.25) is 0 Å². The van der Waals surface area contributed by atoms with Gasteiger partial charge >= 0.3 is 0 Å². The zero-order valence-electron chi connectivity index (χ0n) is 11.2. The average Bonchev–Trinajstić information content (AvgIpc) is 2.38. The molecule has 5 nitrogen and oxygen atoms in total. The van der Waals surface area contributed by atoms with Gasteiger partial charge in [0.05, 0.1) is 11.0 Å². The number of anilines is 1. The maximum Gasteiger partial charge on any atom is 0.263 e. The minimum absolute atomic E-state index is 0.0965. The fourth-order valence-corrected chi connectivity index (χ4v) is 2.79. The van der Waals surface area contributed by atoms with E-state index in [9.17, 15) is 13.5 Å². The van der Waals surface area contributed by atoms with E-state index >= 15 is 0 Å². The first-order chi connectivity index (χ1) is 9.38. The van der Waals surface area contributed by atoms with Crippen molar-refractivity contribution in [2.24, 2.45) is 0 Å². The van der Waals surface area contributed by atoms with Crippen molar-refractivity contribution in [1.29, 1.82) is 0 Å². The Bertz CT molecular complexity index is 712. The summed E-state index contributed by atoms with van der Waals surface area (Å²) in [5, 5.41) is 9.51. The molecule has 2 rings (SSSR count). The van der Waals surface area contributed by atoms with E-state index in [1.807, 2.05) is 0 Å². The molecule has 1 atom stereocenters. The second kappa shape index (κ2) is 5.60. The van der Waals surface area contributed by atoms with Gasteiger partial charge in [-0.1, -0.05) is 18.2 Å². The Hall–Kier alpha value is -1.92. The van der Waals surface area contributed by atoms with Crippen LogP contribution in [0, 0.1) is 6.92 Å². The predicted octanol–water partition coefficient (Wildman–Crippen LogP) is 2.24. The molecule has 0 aliphatic rings. The Morgan fingerprint density at radius 1 is 1.20 bits per heavy atom. The normalized spacial score (nSPS) is 12.9. The van der Waals surface area contributed by atoms with Gasteiger partial charge in [0.15, 0.2) is 0 Å². The maximum absolute atomic E-state index is 12.3. The fourth-order valence-electron chi connectivity index (χ4n) is 1.74. The summed E-state index contributed by atoms with van der Waals surface area (Å²) in [7, 11) is -3.71. The molecule has 0 radical (unpaired) electrons. The number of aliphatic hydroxyl groups excluding tert-OH is 1. The number of aromatic nitrogens is 1. The zero-order valence-corrected chi connectivity index (χ0v) is 12.1. The van der Waals surface area contributed by atoms with Crippen molar-refractivity contribution < 1.29 is 13.5 Å². The van der Waals surface area contributed by atoms with Gasteiger partial charge in [-0.3, -0.25) is 4.72 Å². The molecule has 6 heteroatoms. The summed E-state index contributed by atoms with van der Waals surface area (Å²) in [4.78, 5) is 4.20. The van der Waals surface area contributed by atoms with Crippen LogP contribution in [0.2, 0.25) is 0 Å². The Morgan fingerprint density at radius 3 is 2.55 bits per heavy atom. The highest BCUT2D eigenvalue weighted by Gasteiger charge is 2.16. The van der Waals surface area contributed by atoms with Gasteiger partial charge in [0.25, 0.3) is 10.0 Å². The molecule has 0 aliphatic heterocycles. The van der Waals surface area contributed by atoms with Crippen LogP contribution in [0.3, 0.4) is 0 Å². The molecule has 1 aromatic heterocycles. The first kappa shape index (κ1) is 14.5. The summed E-state index contributed by atoms with van der Waals surface area (Å²) in [5.41, 5.74) is 1.27. The predicted molar refractivity (Wildman–Crippen MR) is 76.9 cm³/mol. The van der Waals surface area contributed by atoms with Crippen LogP contribution >= 0.6 is 0 Å². The SMILES string of the molecule is Cc1cccc(NS(=O)(=O)c2cccc(C(C)O)c2)n1. The smallest absolute Gasteiger partial charge is 0.263 e. The largest absolute Gasteiger partial charge is 0.389 e. The van der Waals surface area contributed by atoms with Crippen LogP contribution in [0.1, 0.15) is 24.3 Å². The number of hydrogen-bond donors (Lipinski definition) is 2. The Balaban J connectivity index is 2.33. The monoisotopic (exact) mass is 292 g/mol. The van der Waals surface area contributed by atoms with Crippen LogP contribution in [0.25, 0.3) is 0 Å². The summed E-state index contributed by atoms with van der Waals surface area (Å²) < 4.78 is 26.9. The Morgan fingerprint density at radius 2 is 1.90 bits per heavy atom. The molecule has 2 aromatic rings. The van der Waals surface area contributed by atoms with E-state index in [2.05, 4.69) is 9.71 Å². The lowest BCUT2D eigenvalue weighted by atomic mass is 10.1. The first-order valence-corrected chi connectivity index (χ1v) is 7.61. The van der Waals surface area contributed by atoms with Crippen molar-refractivity contribution >= 4 is 15.8 Å². The van der Waals surface area contributed by atoms with Crippen molar-refractivity contribution in [2.75, 3.05) is 4.72 Å². The van der Waals surface area contributed by atoms with Crippen molar-refractivity contribution in [3.63, 3.8) is 0 Å². The minimum Gasteiger partial charge on any atom is -0.389 e. The molecular formula is C14H16N2O3S. The summed E-state index contributed by atoms with van der Waals surface area (Å²) in [5.74, 6) is 0.271. The number of aliphatic hydroxyl groups is 1. The number of hydrogen-bond acceptors (Lipinski definition) is 4. The number of sulfonamides is 1. The number of nitrogens with one attached hydrogen (secondary N) is 1. The van der Waals surface area contributed by atoms with E-state index in [4.69, 9.17) is 0 Å². The van der Waals surface area contributed by atoms with Gasteiger partial charge < -0.3 is 5.11 Å². The summed E-state index contributed by atoms with van der Waals surface area (Å²) in [6.45, 7) is 3.37. The highest BCUT2D eigenvalue weighted by molar-refractivity contribution is 7.92. The molecule has 20 heavy (non-hydrogen) atoms. The lowest BCUT2D eigenvalue weighted by Gasteiger charge is -2.10.